The number of nitrogens with one attached hydrogen (secondary N) is 1. The highest BCUT2D eigenvalue weighted by Gasteiger charge is 2.33. The first kappa shape index (κ1) is 13.9. The van der Waals surface area contributed by atoms with Gasteiger partial charge in [0, 0.05) is 11.9 Å². The summed E-state index contributed by atoms with van der Waals surface area (Å²) in [5.74, 6) is 0. The molecule has 0 aliphatic rings. The second-order valence-corrected chi connectivity index (χ2v) is 4.19. The molecule has 2 rings (SSSR count). The maximum Gasteiger partial charge on any atom is 0.417 e. The molecule has 0 radical (unpaired) electrons. The zero-order valence-corrected chi connectivity index (χ0v) is 10.5. The van der Waals surface area contributed by atoms with Crippen LogP contribution in [0.1, 0.15) is 16.7 Å². The first-order chi connectivity index (χ1) is 9.41. The average Bonchev–Trinajstić information content (AvgIpc) is 2.40. The molecular weight excluding hydrogens is 267 g/mol. The smallest absolute Gasteiger partial charge is 0.354 e. The highest BCUT2D eigenvalue weighted by molar-refractivity contribution is 5.64. The minimum Gasteiger partial charge on any atom is -0.354 e. The van der Waals surface area contributed by atoms with Crippen molar-refractivity contribution in [1.29, 1.82) is 5.26 Å². The number of hydrogen-bond donors (Lipinski definition) is 1. The Balaban J connectivity index is 2.40. The molecule has 0 fully saturated rings. The molecule has 0 bridgehead atoms. The van der Waals surface area contributed by atoms with E-state index >= 15 is 0 Å². The summed E-state index contributed by atoms with van der Waals surface area (Å²) in [6.07, 6.45) is -1.44. The van der Waals surface area contributed by atoms with Gasteiger partial charge in [0.2, 0.25) is 0 Å². The second-order valence-electron chi connectivity index (χ2n) is 4.19. The van der Waals surface area contributed by atoms with Gasteiger partial charge in [0.15, 0.2) is 0 Å². The molecule has 20 heavy (non-hydrogen) atoms. The fourth-order valence-electron chi connectivity index (χ4n) is 1.70. The molecule has 0 saturated carbocycles. The number of aryl methyl sites for hydroxylation is 1. The minimum atomic E-state index is -4.56. The van der Waals surface area contributed by atoms with Gasteiger partial charge in [-0.25, -0.2) is 0 Å². The number of pyridine rings is 1. The zero-order chi connectivity index (χ0) is 14.8. The Morgan fingerprint density at radius 3 is 2.60 bits per heavy atom. The van der Waals surface area contributed by atoms with Crippen LogP contribution in [-0.4, -0.2) is 4.98 Å². The first-order valence-corrected chi connectivity index (χ1v) is 5.71. The Bertz CT molecular complexity index is 672. The Labute approximate surface area is 113 Å². The highest BCUT2D eigenvalue weighted by atomic mass is 19.4. The van der Waals surface area contributed by atoms with E-state index < -0.39 is 17.3 Å². The number of aromatic nitrogens is 1. The third-order valence-corrected chi connectivity index (χ3v) is 2.76. The number of halogens is 3. The van der Waals surface area contributed by atoms with Crippen LogP contribution in [0, 0.1) is 18.3 Å². The summed E-state index contributed by atoms with van der Waals surface area (Å²) in [4.78, 5) is 3.91. The van der Waals surface area contributed by atoms with Crippen LogP contribution < -0.4 is 5.32 Å². The van der Waals surface area contributed by atoms with Crippen molar-refractivity contribution in [3.8, 4) is 6.07 Å². The molecule has 0 atom stereocenters. The maximum absolute atomic E-state index is 12.8. The molecule has 0 spiro atoms. The third-order valence-electron chi connectivity index (χ3n) is 2.76. The molecule has 1 N–H and O–H groups in total. The van der Waals surface area contributed by atoms with Crippen LogP contribution in [0.5, 0.6) is 0 Å². The molecule has 2 aromatic rings. The van der Waals surface area contributed by atoms with Crippen LogP contribution in [0.15, 0.2) is 36.7 Å². The number of benzene rings is 1. The van der Waals surface area contributed by atoms with Crippen LogP contribution in [-0.2, 0) is 6.18 Å². The fraction of sp³-hybridized carbons (Fsp3) is 0.143. The zero-order valence-electron chi connectivity index (χ0n) is 10.5. The van der Waals surface area contributed by atoms with E-state index in [1.807, 2.05) is 6.92 Å². The fourth-order valence-corrected chi connectivity index (χ4v) is 1.70. The van der Waals surface area contributed by atoms with Gasteiger partial charge >= 0.3 is 6.18 Å². The van der Waals surface area contributed by atoms with E-state index in [4.69, 9.17) is 5.26 Å². The van der Waals surface area contributed by atoms with Crippen molar-refractivity contribution in [3.63, 3.8) is 0 Å². The molecule has 0 amide bonds. The monoisotopic (exact) mass is 277 g/mol. The van der Waals surface area contributed by atoms with Crippen LogP contribution >= 0.6 is 0 Å². The van der Waals surface area contributed by atoms with Crippen molar-refractivity contribution in [3.05, 3.63) is 53.3 Å². The van der Waals surface area contributed by atoms with Gasteiger partial charge in [0.1, 0.15) is 0 Å². The van der Waals surface area contributed by atoms with Crippen molar-refractivity contribution in [2.24, 2.45) is 0 Å². The standard InChI is InChI=1S/C14H10F3N3/c1-9-4-5-19-8-13(9)20-11-3-2-10(7-18)12(6-11)14(15,16)17/h2-6,8,20H,1H3. The molecule has 0 aliphatic carbocycles. The summed E-state index contributed by atoms with van der Waals surface area (Å²) in [6, 6.07) is 6.79. The van der Waals surface area contributed by atoms with Gasteiger partial charge in [0.05, 0.1) is 29.1 Å². The topological polar surface area (TPSA) is 48.7 Å². The molecule has 0 saturated heterocycles. The molecule has 6 heteroatoms. The van der Waals surface area contributed by atoms with Gasteiger partial charge in [-0.1, -0.05) is 0 Å². The van der Waals surface area contributed by atoms with Crippen LogP contribution in [0.4, 0.5) is 24.5 Å². The van der Waals surface area contributed by atoms with E-state index in [1.54, 1.807) is 18.3 Å². The third kappa shape index (κ3) is 2.88. The summed E-state index contributed by atoms with van der Waals surface area (Å²) in [7, 11) is 0. The van der Waals surface area contributed by atoms with Gasteiger partial charge in [0.25, 0.3) is 0 Å². The van der Waals surface area contributed by atoms with Gasteiger partial charge in [-0.15, -0.1) is 0 Å². The van der Waals surface area contributed by atoms with E-state index in [2.05, 4.69) is 10.3 Å². The van der Waals surface area contributed by atoms with E-state index in [-0.39, 0.29) is 5.69 Å². The molecular formula is C14H10F3N3. The second kappa shape index (κ2) is 5.21. The predicted molar refractivity (Wildman–Crippen MR) is 68.4 cm³/mol. The normalized spacial score (nSPS) is 10.9. The molecule has 0 unspecified atom stereocenters. The van der Waals surface area contributed by atoms with Crippen molar-refractivity contribution < 1.29 is 13.2 Å². The molecule has 1 heterocycles. The van der Waals surface area contributed by atoms with Crippen molar-refractivity contribution in [2.45, 2.75) is 13.1 Å². The number of hydrogen-bond acceptors (Lipinski definition) is 3. The maximum atomic E-state index is 12.8. The van der Waals surface area contributed by atoms with Crippen LogP contribution in [0.2, 0.25) is 0 Å². The van der Waals surface area contributed by atoms with E-state index in [1.165, 1.54) is 12.3 Å². The molecule has 3 nitrogen and oxygen atoms in total. The summed E-state index contributed by atoms with van der Waals surface area (Å²) < 4.78 is 38.5. The summed E-state index contributed by atoms with van der Waals surface area (Å²) >= 11 is 0. The van der Waals surface area contributed by atoms with Gasteiger partial charge < -0.3 is 5.32 Å². The van der Waals surface area contributed by atoms with Gasteiger partial charge in [-0.2, -0.15) is 18.4 Å². The number of rotatable bonds is 2. The summed E-state index contributed by atoms with van der Waals surface area (Å²) in [6.45, 7) is 1.82. The average molecular weight is 277 g/mol. The molecule has 1 aromatic carbocycles. The van der Waals surface area contributed by atoms with Gasteiger partial charge in [-0.05, 0) is 36.8 Å². The first-order valence-electron chi connectivity index (χ1n) is 5.71. The molecule has 0 aliphatic heterocycles. The summed E-state index contributed by atoms with van der Waals surface area (Å²) in [5.41, 5.74) is 0.383. The number of anilines is 2. The lowest BCUT2D eigenvalue weighted by Crippen LogP contribution is -2.08. The lowest BCUT2D eigenvalue weighted by atomic mass is 10.1. The van der Waals surface area contributed by atoms with E-state index in [9.17, 15) is 13.2 Å². The number of alkyl halides is 3. The Morgan fingerprint density at radius 2 is 2.00 bits per heavy atom. The lowest BCUT2D eigenvalue weighted by Gasteiger charge is -2.13. The van der Waals surface area contributed by atoms with E-state index in [0.29, 0.717) is 5.69 Å². The Kier molecular flexibility index (Phi) is 3.61. The minimum absolute atomic E-state index is 0.257. The largest absolute Gasteiger partial charge is 0.417 e. The molecule has 102 valence electrons. The highest BCUT2D eigenvalue weighted by Crippen LogP contribution is 2.34. The van der Waals surface area contributed by atoms with Crippen LogP contribution in [0.25, 0.3) is 0 Å². The number of nitrogens with zero attached hydrogens (tertiary/aromatic N) is 2. The van der Waals surface area contributed by atoms with E-state index in [0.717, 1.165) is 17.7 Å². The lowest BCUT2D eigenvalue weighted by molar-refractivity contribution is -0.137. The Hall–Kier alpha value is -2.55. The van der Waals surface area contributed by atoms with Crippen LogP contribution in [0.3, 0.4) is 0 Å². The SMILES string of the molecule is Cc1ccncc1Nc1ccc(C#N)c(C(F)(F)F)c1. The van der Waals surface area contributed by atoms with Crippen molar-refractivity contribution in [1.82, 2.24) is 4.98 Å². The van der Waals surface area contributed by atoms with Crippen molar-refractivity contribution >= 4 is 11.4 Å². The summed E-state index contributed by atoms with van der Waals surface area (Å²) in [5, 5.41) is 11.6. The number of nitriles is 1. The predicted octanol–water partition coefficient (Wildman–Crippen LogP) is 4.02. The van der Waals surface area contributed by atoms with Gasteiger partial charge in [-0.3, -0.25) is 4.98 Å². The molecule has 1 aromatic heterocycles. The van der Waals surface area contributed by atoms with Crippen molar-refractivity contribution in [2.75, 3.05) is 5.32 Å². The Morgan fingerprint density at radius 1 is 1.25 bits per heavy atom. The quantitative estimate of drug-likeness (QED) is 0.901.